The van der Waals surface area contributed by atoms with E-state index >= 15 is 0 Å². The van der Waals surface area contributed by atoms with Crippen LogP contribution in [0.25, 0.3) is 0 Å². The second kappa shape index (κ2) is 5.50. The molecule has 0 radical (unpaired) electrons. The Morgan fingerprint density at radius 1 is 1.32 bits per heavy atom. The van der Waals surface area contributed by atoms with Crippen LogP contribution >= 0.6 is 0 Å². The third-order valence-electron chi connectivity index (χ3n) is 3.70. The number of carbonyl (C=O) groups excluding carboxylic acids is 1. The fraction of sp³-hybridized carbons (Fsp3) is 0.692. The van der Waals surface area contributed by atoms with Gasteiger partial charge in [0.15, 0.2) is 0 Å². The molecule has 106 valence electrons. The highest BCUT2D eigenvalue weighted by Gasteiger charge is 2.22. The zero-order chi connectivity index (χ0) is 14.0. The molecule has 1 saturated heterocycles. The molecule has 0 unspecified atom stereocenters. The molecule has 1 aliphatic heterocycles. The Kier molecular flexibility index (Phi) is 3.97. The molecular weight excluding hydrogens is 242 g/mol. The summed E-state index contributed by atoms with van der Waals surface area (Å²) in [7, 11) is 1.93. The standard InChI is InChI=1S/C13H23N5O/c1-4-11-12(14)13(16(3)15-11)18-7-5-6-17(8-9-18)10(2)19/h4-9,14H2,1-3H3. The Balaban J connectivity index is 2.18. The molecule has 6 nitrogen and oxygen atoms in total. The number of nitrogen functional groups attached to an aromatic ring is 1. The number of aromatic nitrogens is 2. The number of nitrogens with zero attached hydrogens (tertiary/aromatic N) is 4. The van der Waals surface area contributed by atoms with Crippen LogP contribution in [0.5, 0.6) is 0 Å². The predicted molar refractivity (Wildman–Crippen MR) is 76.1 cm³/mol. The number of hydrogen-bond donors (Lipinski definition) is 1. The van der Waals surface area contributed by atoms with E-state index in [0.717, 1.165) is 56.2 Å². The monoisotopic (exact) mass is 265 g/mol. The van der Waals surface area contributed by atoms with E-state index in [4.69, 9.17) is 5.73 Å². The Morgan fingerprint density at radius 3 is 2.63 bits per heavy atom. The van der Waals surface area contributed by atoms with Crippen LogP contribution in [0.1, 0.15) is 26.0 Å². The van der Waals surface area contributed by atoms with Gasteiger partial charge in [0.25, 0.3) is 0 Å². The molecule has 1 aromatic heterocycles. The Bertz CT molecular complexity index is 468. The maximum Gasteiger partial charge on any atom is 0.219 e. The molecule has 0 atom stereocenters. The van der Waals surface area contributed by atoms with E-state index in [0.29, 0.717) is 0 Å². The van der Waals surface area contributed by atoms with Gasteiger partial charge in [0.1, 0.15) is 5.82 Å². The first-order valence-electron chi connectivity index (χ1n) is 6.86. The van der Waals surface area contributed by atoms with E-state index in [9.17, 15) is 4.79 Å². The van der Waals surface area contributed by atoms with Crippen LogP contribution in [-0.4, -0.2) is 46.8 Å². The molecule has 1 fully saturated rings. The van der Waals surface area contributed by atoms with E-state index < -0.39 is 0 Å². The van der Waals surface area contributed by atoms with Gasteiger partial charge in [-0.25, -0.2) is 0 Å². The van der Waals surface area contributed by atoms with E-state index in [1.807, 2.05) is 16.6 Å². The van der Waals surface area contributed by atoms with Crippen LogP contribution in [0.4, 0.5) is 11.5 Å². The van der Waals surface area contributed by atoms with Crippen molar-refractivity contribution in [2.45, 2.75) is 26.7 Å². The Morgan fingerprint density at radius 2 is 2.05 bits per heavy atom. The van der Waals surface area contributed by atoms with Gasteiger partial charge >= 0.3 is 0 Å². The summed E-state index contributed by atoms with van der Waals surface area (Å²) in [6.07, 6.45) is 1.80. The first-order valence-corrected chi connectivity index (χ1v) is 6.86. The van der Waals surface area contributed by atoms with E-state index in [2.05, 4.69) is 16.9 Å². The summed E-state index contributed by atoms with van der Waals surface area (Å²) >= 11 is 0. The lowest BCUT2D eigenvalue weighted by molar-refractivity contribution is -0.128. The molecule has 2 heterocycles. The number of rotatable bonds is 2. The van der Waals surface area contributed by atoms with Gasteiger partial charge in [0.05, 0.1) is 11.4 Å². The van der Waals surface area contributed by atoms with Crippen molar-refractivity contribution in [3.8, 4) is 0 Å². The van der Waals surface area contributed by atoms with Crippen molar-refractivity contribution in [3.63, 3.8) is 0 Å². The molecule has 1 amide bonds. The molecule has 0 spiro atoms. The average Bonchev–Trinajstić information content (AvgIpc) is 2.57. The minimum absolute atomic E-state index is 0.147. The molecule has 2 N–H and O–H groups in total. The number of amides is 1. The van der Waals surface area contributed by atoms with Crippen molar-refractivity contribution in [2.75, 3.05) is 36.8 Å². The largest absolute Gasteiger partial charge is 0.394 e. The number of anilines is 2. The van der Waals surface area contributed by atoms with Crippen molar-refractivity contribution in [2.24, 2.45) is 7.05 Å². The third kappa shape index (κ3) is 2.67. The lowest BCUT2D eigenvalue weighted by Crippen LogP contribution is -2.34. The van der Waals surface area contributed by atoms with Gasteiger partial charge in [-0.2, -0.15) is 5.10 Å². The molecule has 0 bridgehead atoms. The number of carbonyl (C=O) groups is 1. The molecular formula is C13H23N5O. The van der Waals surface area contributed by atoms with Crippen molar-refractivity contribution in [3.05, 3.63) is 5.69 Å². The topological polar surface area (TPSA) is 67.4 Å². The highest BCUT2D eigenvalue weighted by Crippen LogP contribution is 2.27. The minimum Gasteiger partial charge on any atom is -0.394 e. The predicted octanol–water partition coefficient (Wildman–Crippen LogP) is 0.623. The maximum absolute atomic E-state index is 11.4. The third-order valence-corrected chi connectivity index (χ3v) is 3.70. The van der Waals surface area contributed by atoms with Crippen LogP contribution < -0.4 is 10.6 Å². The molecule has 0 saturated carbocycles. The molecule has 1 aliphatic rings. The van der Waals surface area contributed by atoms with Crippen molar-refractivity contribution in [1.29, 1.82) is 0 Å². The smallest absolute Gasteiger partial charge is 0.219 e. The highest BCUT2D eigenvalue weighted by molar-refractivity contribution is 5.73. The number of nitrogens with two attached hydrogens (primary N) is 1. The summed E-state index contributed by atoms with van der Waals surface area (Å²) < 4.78 is 1.86. The van der Waals surface area contributed by atoms with E-state index in [1.165, 1.54) is 0 Å². The molecule has 2 rings (SSSR count). The summed E-state index contributed by atoms with van der Waals surface area (Å²) in [5.74, 6) is 1.14. The van der Waals surface area contributed by atoms with Crippen LogP contribution in [0, 0.1) is 0 Å². The maximum atomic E-state index is 11.4. The first kappa shape index (κ1) is 13.7. The average molecular weight is 265 g/mol. The molecule has 0 aromatic carbocycles. The van der Waals surface area contributed by atoms with E-state index in [-0.39, 0.29) is 5.91 Å². The van der Waals surface area contributed by atoms with Crippen molar-refractivity contribution < 1.29 is 4.79 Å². The van der Waals surface area contributed by atoms with Crippen LogP contribution in [0.3, 0.4) is 0 Å². The van der Waals surface area contributed by atoms with Crippen LogP contribution in [0.15, 0.2) is 0 Å². The number of aryl methyl sites for hydroxylation is 2. The van der Waals surface area contributed by atoms with Gasteiger partial charge in [0.2, 0.25) is 5.91 Å². The van der Waals surface area contributed by atoms with Gasteiger partial charge < -0.3 is 15.5 Å². The summed E-state index contributed by atoms with van der Waals surface area (Å²) in [4.78, 5) is 15.6. The van der Waals surface area contributed by atoms with Gasteiger partial charge in [-0.05, 0) is 12.8 Å². The molecule has 1 aromatic rings. The summed E-state index contributed by atoms with van der Waals surface area (Å²) in [5, 5.41) is 4.46. The fourth-order valence-corrected chi connectivity index (χ4v) is 2.67. The summed E-state index contributed by atoms with van der Waals surface area (Å²) in [6.45, 7) is 6.99. The van der Waals surface area contributed by atoms with Crippen LogP contribution in [0.2, 0.25) is 0 Å². The highest BCUT2D eigenvalue weighted by atomic mass is 16.2. The summed E-state index contributed by atoms with van der Waals surface area (Å²) in [6, 6.07) is 0. The normalized spacial score (nSPS) is 16.6. The molecule has 0 aliphatic carbocycles. The Labute approximate surface area is 114 Å². The fourth-order valence-electron chi connectivity index (χ4n) is 2.67. The van der Waals surface area contributed by atoms with Crippen molar-refractivity contribution >= 4 is 17.4 Å². The van der Waals surface area contributed by atoms with Gasteiger partial charge in [-0.1, -0.05) is 6.92 Å². The molecule has 19 heavy (non-hydrogen) atoms. The van der Waals surface area contributed by atoms with Crippen molar-refractivity contribution in [1.82, 2.24) is 14.7 Å². The zero-order valence-electron chi connectivity index (χ0n) is 12.0. The minimum atomic E-state index is 0.147. The van der Waals surface area contributed by atoms with Crippen LogP contribution in [-0.2, 0) is 18.3 Å². The lowest BCUT2D eigenvalue weighted by Gasteiger charge is -2.23. The summed E-state index contributed by atoms with van der Waals surface area (Å²) in [5.41, 5.74) is 7.91. The quantitative estimate of drug-likeness (QED) is 0.851. The molecule has 6 heteroatoms. The van der Waals surface area contributed by atoms with Gasteiger partial charge in [-0.3, -0.25) is 9.48 Å². The number of hydrogen-bond acceptors (Lipinski definition) is 4. The van der Waals surface area contributed by atoms with Gasteiger partial charge in [0, 0.05) is 40.2 Å². The second-order valence-corrected chi connectivity index (χ2v) is 5.01. The Hall–Kier alpha value is -1.72. The second-order valence-electron chi connectivity index (χ2n) is 5.01. The first-order chi connectivity index (χ1) is 9.04. The SMILES string of the molecule is CCc1nn(C)c(N2CCCN(C(C)=O)CC2)c1N. The zero-order valence-corrected chi connectivity index (χ0v) is 12.0. The van der Waals surface area contributed by atoms with Gasteiger partial charge in [-0.15, -0.1) is 0 Å². The lowest BCUT2D eigenvalue weighted by atomic mass is 10.3. The van der Waals surface area contributed by atoms with E-state index in [1.54, 1.807) is 6.92 Å².